The van der Waals surface area contributed by atoms with Gasteiger partial charge in [-0.15, -0.1) is 0 Å². The lowest BCUT2D eigenvalue weighted by Gasteiger charge is -2.33. The Hall–Kier alpha value is -1.38. The van der Waals surface area contributed by atoms with Crippen LogP contribution in [0.2, 0.25) is 10.0 Å². The topological polar surface area (TPSA) is 69.2 Å². The number of aliphatic hydroxyl groups excluding tert-OH is 1. The lowest BCUT2D eigenvalue weighted by Crippen LogP contribution is -2.35. The average molecular weight is 512 g/mol. The van der Waals surface area contributed by atoms with Gasteiger partial charge in [-0.2, -0.15) is 0 Å². The fourth-order valence-corrected chi connectivity index (χ4v) is 4.12. The van der Waals surface area contributed by atoms with Gasteiger partial charge in [0.05, 0.1) is 32.5 Å². The van der Waals surface area contributed by atoms with Crippen LogP contribution in [0.15, 0.2) is 36.4 Å². The van der Waals surface area contributed by atoms with Crippen molar-refractivity contribution in [3.63, 3.8) is 0 Å². The van der Waals surface area contributed by atoms with Gasteiger partial charge in [0, 0.05) is 48.2 Å². The van der Waals surface area contributed by atoms with E-state index < -0.39 is 11.9 Å². The molecule has 0 saturated heterocycles. The minimum atomic E-state index is -0.612. The van der Waals surface area contributed by atoms with Crippen LogP contribution in [0.5, 0.6) is 5.75 Å². The summed E-state index contributed by atoms with van der Waals surface area (Å²) in [5, 5.41) is 15.0. The molecule has 0 radical (unpaired) electrons. The van der Waals surface area contributed by atoms with Gasteiger partial charge >= 0.3 is 0 Å². The second-order valence-corrected chi connectivity index (χ2v) is 9.62. The highest BCUT2D eigenvalue weighted by Crippen LogP contribution is 2.32. The number of aliphatic hydroxyl groups is 1. The molecule has 0 fully saturated rings. The van der Waals surface area contributed by atoms with Gasteiger partial charge in [0.1, 0.15) is 5.75 Å². The molecule has 1 heterocycles. The van der Waals surface area contributed by atoms with Crippen molar-refractivity contribution in [3.05, 3.63) is 63.1 Å². The van der Waals surface area contributed by atoms with E-state index in [-0.39, 0.29) is 0 Å². The van der Waals surface area contributed by atoms with Gasteiger partial charge in [-0.25, -0.2) is 0 Å². The number of halogens is 2. The first kappa shape index (κ1) is 27.2. The fourth-order valence-electron chi connectivity index (χ4n) is 3.62. The zero-order valence-corrected chi connectivity index (χ0v) is 21.5. The first-order chi connectivity index (χ1) is 16.4. The molecule has 2 aromatic carbocycles. The molecule has 34 heavy (non-hydrogen) atoms. The summed E-state index contributed by atoms with van der Waals surface area (Å²) in [5.41, 5.74) is 2.64. The van der Waals surface area contributed by atoms with E-state index in [9.17, 15) is 5.11 Å². The SMILES string of the molecule is CC1(C)OCc2cc(C(O)CNCCCCCOCCOCc3c(Cl)cccc3Cl)ccc2O1. The number of fused-ring (bicyclic) bond motifs is 1. The van der Waals surface area contributed by atoms with Crippen molar-refractivity contribution in [1.82, 2.24) is 5.32 Å². The second-order valence-electron chi connectivity index (χ2n) is 8.80. The maximum absolute atomic E-state index is 10.5. The van der Waals surface area contributed by atoms with Gasteiger partial charge < -0.3 is 29.4 Å². The molecule has 0 spiro atoms. The van der Waals surface area contributed by atoms with Crippen molar-refractivity contribution in [3.8, 4) is 5.75 Å². The molecule has 8 heteroatoms. The van der Waals surface area contributed by atoms with Crippen LogP contribution in [0.3, 0.4) is 0 Å². The van der Waals surface area contributed by atoms with Crippen LogP contribution in [0.4, 0.5) is 0 Å². The molecule has 2 N–H and O–H groups in total. The van der Waals surface area contributed by atoms with Crippen LogP contribution in [0, 0.1) is 0 Å². The Labute approximate surface area is 212 Å². The van der Waals surface area contributed by atoms with Crippen molar-refractivity contribution in [1.29, 1.82) is 0 Å². The normalized spacial score (nSPS) is 15.6. The number of rotatable bonds is 14. The van der Waals surface area contributed by atoms with Gasteiger partial charge in [0.2, 0.25) is 5.79 Å². The van der Waals surface area contributed by atoms with Crippen molar-refractivity contribution in [2.75, 3.05) is 32.9 Å². The average Bonchev–Trinajstić information content (AvgIpc) is 2.80. The summed E-state index contributed by atoms with van der Waals surface area (Å²) in [4.78, 5) is 0. The van der Waals surface area contributed by atoms with E-state index in [1.807, 2.05) is 38.1 Å². The predicted molar refractivity (Wildman–Crippen MR) is 135 cm³/mol. The molecule has 0 bridgehead atoms. The Morgan fingerprint density at radius 1 is 1.03 bits per heavy atom. The first-order valence-electron chi connectivity index (χ1n) is 11.8. The molecular formula is C26H35Cl2NO5. The van der Waals surface area contributed by atoms with E-state index in [1.165, 1.54) is 0 Å². The maximum Gasteiger partial charge on any atom is 0.205 e. The van der Waals surface area contributed by atoms with Crippen molar-refractivity contribution in [2.45, 2.75) is 58.2 Å². The monoisotopic (exact) mass is 511 g/mol. The Kier molecular flexibility index (Phi) is 10.9. The van der Waals surface area contributed by atoms with Crippen LogP contribution in [0.25, 0.3) is 0 Å². The molecule has 0 aromatic heterocycles. The molecule has 0 amide bonds. The van der Waals surface area contributed by atoms with E-state index in [2.05, 4.69) is 5.32 Å². The standard InChI is InChI=1S/C26H35Cl2NO5/c1-26(2)33-17-20-15-19(9-10-25(20)34-26)24(30)16-29-11-4-3-5-12-31-13-14-32-18-21-22(27)7-6-8-23(21)28/h6-10,15,24,29-30H,3-5,11-14,16-18H2,1-2H3. The third kappa shape index (κ3) is 8.68. The maximum atomic E-state index is 10.5. The summed E-state index contributed by atoms with van der Waals surface area (Å²) in [7, 11) is 0. The quantitative estimate of drug-likeness (QED) is 0.318. The molecule has 1 unspecified atom stereocenters. The second kappa shape index (κ2) is 13.6. The molecule has 188 valence electrons. The first-order valence-corrected chi connectivity index (χ1v) is 12.5. The summed E-state index contributed by atoms with van der Waals surface area (Å²) >= 11 is 12.2. The van der Waals surface area contributed by atoms with E-state index in [0.29, 0.717) is 49.6 Å². The minimum Gasteiger partial charge on any atom is -0.463 e. The smallest absolute Gasteiger partial charge is 0.205 e. The predicted octanol–water partition coefficient (Wildman–Crippen LogP) is 5.67. The van der Waals surface area contributed by atoms with Crippen LogP contribution >= 0.6 is 23.2 Å². The Bertz CT molecular complexity index is 889. The van der Waals surface area contributed by atoms with Crippen LogP contribution < -0.4 is 10.1 Å². The zero-order valence-electron chi connectivity index (χ0n) is 19.9. The molecule has 0 saturated carbocycles. The third-order valence-corrected chi connectivity index (χ3v) is 6.27. The number of ether oxygens (including phenoxy) is 4. The minimum absolute atomic E-state index is 0.380. The lowest BCUT2D eigenvalue weighted by molar-refractivity contribution is -0.180. The van der Waals surface area contributed by atoms with Gasteiger partial charge in [0.25, 0.3) is 0 Å². The molecule has 1 atom stereocenters. The number of unbranched alkanes of at least 4 members (excludes halogenated alkanes) is 2. The third-order valence-electron chi connectivity index (χ3n) is 5.56. The summed E-state index contributed by atoms with van der Waals surface area (Å²) in [6.45, 7) is 7.76. The molecule has 3 rings (SSSR count). The largest absolute Gasteiger partial charge is 0.463 e. The summed E-state index contributed by atoms with van der Waals surface area (Å²) in [6.07, 6.45) is 2.51. The Morgan fingerprint density at radius 3 is 2.59 bits per heavy atom. The van der Waals surface area contributed by atoms with E-state index in [4.69, 9.17) is 42.1 Å². The van der Waals surface area contributed by atoms with E-state index in [1.54, 1.807) is 12.1 Å². The number of hydrogen-bond acceptors (Lipinski definition) is 6. The fraction of sp³-hybridized carbons (Fsp3) is 0.538. The highest BCUT2D eigenvalue weighted by molar-refractivity contribution is 6.35. The number of nitrogens with one attached hydrogen (secondary N) is 1. The van der Waals surface area contributed by atoms with Gasteiger partial charge in [0.15, 0.2) is 0 Å². The van der Waals surface area contributed by atoms with E-state index >= 15 is 0 Å². The van der Waals surface area contributed by atoms with Gasteiger partial charge in [-0.1, -0.05) is 35.3 Å². The summed E-state index contributed by atoms with van der Waals surface area (Å²) < 4.78 is 22.7. The molecule has 6 nitrogen and oxygen atoms in total. The molecule has 1 aliphatic heterocycles. The van der Waals surface area contributed by atoms with Crippen LogP contribution in [-0.4, -0.2) is 43.8 Å². The molecular weight excluding hydrogens is 477 g/mol. The number of benzene rings is 2. The zero-order chi connectivity index (χ0) is 24.4. The highest BCUT2D eigenvalue weighted by atomic mass is 35.5. The Balaban J connectivity index is 1.18. The van der Waals surface area contributed by atoms with Crippen LogP contribution in [-0.2, 0) is 27.4 Å². The van der Waals surface area contributed by atoms with Crippen molar-refractivity contribution < 1.29 is 24.1 Å². The molecule has 0 aliphatic carbocycles. The summed E-state index contributed by atoms with van der Waals surface area (Å²) in [5.74, 6) is 0.207. The van der Waals surface area contributed by atoms with Crippen molar-refractivity contribution in [2.24, 2.45) is 0 Å². The van der Waals surface area contributed by atoms with Gasteiger partial charge in [-0.3, -0.25) is 0 Å². The Morgan fingerprint density at radius 2 is 1.79 bits per heavy atom. The van der Waals surface area contributed by atoms with Crippen LogP contribution in [0.1, 0.15) is 55.9 Å². The summed E-state index contributed by atoms with van der Waals surface area (Å²) in [6, 6.07) is 11.2. The lowest BCUT2D eigenvalue weighted by atomic mass is 10.0. The number of hydrogen-bond donors (Lipinski definition) is 2. The highest BCUT2D eigenvalue weighted by Gasteiger charge is 2.27. The molecule has 1 aliphatic rings. The molecule has 2 aromatic rings. The van der Waals surface area contributed by atoms with E-state index in [0.717, 1.165) is 48.2 Å². The van der Waals surface area contributed by atoms with Crippen molar-refractivity contribution >= 4 is 23.2 Å². The van der Waals surface area contributed by atoms with Gasteiger partial charge in [-0.05, 0) is 55.6 Å².